The molecule has 4 nitrogen and oxygen atoms in total. The van der Waals surface area contributed by atoms with Crippen LogP contribution in [0, 0.1) is 18.8 Å². The van der Waals surface area contributed by atoms with Crippen LogP contribution in [0.3, 0.4) is 0 Å². The number of methoxy groups -OCH3 is 1. The second-order valence-corrected chi connectivity index (χ2v) is 7.75. The zero-order chi connectivity index (χ0) is 14.3. The molecule has 0 aliphatic heterocycles. The van der Waals surface area contributed by atoms with Crippen molar-refractivity contribution in [3.8, 4) is 5.75 Å². The highest BCUT2D eigenvalue weighted by Gasteiger charge is 2.41. The first-order valence-electron chi connectivity index (χ1n) is 7.16. The Morgan fingerprint density at radius 2 is 2.05 bits per heavy atom. The minimum Gasteiger partial charge on any atom is -0.496 e. The van der Waals surface area contributed by atoms with E-state index in [0.29, 0.717) is 16.6 Å². The van der Waals surface area contributed by atoms with Crippen molar-refractivity contribution in [3.05, 3.63) is 23.8 Å². The van der Waals surface area contributed by atoms with E-state index in [1.165, 1.54) is 19.3 Å². The largest absolute Gasteiger partial charge is 0.496 e. The number of ether oxygens (including phenoxy) is 1. The summed E-state index contributed by atoms with van der Waals surface area (Å²) in [6.45, 7) is 1.86. The van der Waals surface area contributed by atoms with Crippen molar-refractivity contribution in [2.75, 3.05) is 7.11 Å². The molecule has 0 saturated heterocycles. The van der Waals surface area contributed by atoms with E-state index in [9.17, 15) is 8.42 Å². The van der Waals surface area contributed by atoms with Gasteiger partial charge in [0.1, 0.15) is 5.75 Å². The van der Waals surface area contributed by atoms with Gasteiger partial charge in [-0.2, -0.15) is 0 Å². The number of sulfonamides is 1. The van der Waals surface area contributed by atoms with Crippen molar-refractivity contribution in [1.29, 1.82) is 0 Å². The lowest BCUT2D eigenvalue weighted by atomic mass is 9.96. The molecule has 2 aliphatic rings. The summed E-state index contributed by atoms with van der Waals surface area (Å²) in [5.41, 5.74) is 0.836. The molecule has 0 aromatic heterocycles. The Hall–Kier alpha value is -1.07. The molecule has 0 amide bonds. The van der Waals surface area contributed by atoms with E-state index < -0.39 is 10.0 Å². The highest BCUT2D eigenvalue weighted by Crippen LogP contribution is 2.44. The van der Waals surface area contributed by atoms with Crippen LogP contribution in [-0.2, 0) is 10.0 Å². The Kier molecular flexibility index (Phi) is 3.50. The number of rotatable bonds is 4. The third-order valence-electron chi connectivity index (χ3n) is 4.72. The maximum Gasteiger partial charge on any atom is 0.240 e. The van der Waals surface area contributed by atoms with E-state index in [1.807, 2.05) is 6.92 Å². The zero-order valence-electron chi connectivity index (χ0n) is 11.9. The van der Waals surface area contributed by atoms with Gasteiger partial charge in [0, 0.05) is 6.04 Å². The maximum absolute atomic E-state index is 12.5. The second kappa shape index (κ2) is 5.04. The highest BCUT2D eigenvalue weighted by atomic mass is 32.2. The zero-order valence-corrected chi connectivity index (χ0v) is 12.7. The monoisotopic (exact) mass is 295 g/mol. The summed E-state index contributed by atoms with van der Waals surface area (Å²) in [5.74, 6) is 1.98. The summed E-state index contributed by atoms with van der Waals surface area (Å²) in [4.78, 5) is 0.332. The van der Waals surface area contributed by atoms with Crippen LogP contribution in [0.1, 0.15) is 31.2 Å². The molecule has 1 aromatic carbocycles. The molecule has 110 valence electrons. The highest BCUT2D eigenvalue weighted by molar-refractivity contribution is 7.89. The first-order chi connectivity index (χ1) is 9.49. The van der Waals surface area contributed by atoms with Crippen molar-refractivity contribution in [2.24, 2.45) is 11.8 Å². The lowest BCUT2D eigenvalue weighted by molar-refractivity contribution is 0.390. The van der Waals surface area contributed by atoms with E-state index >= 15 is 0 Å². The van der Waals surface area contributed by atoms with Crippen molar-refractivity contribution < 1.29 is 13.2 Å². The summed E-state index contributed by atoms with van der Waals surface area (Å²) in [5, 5.41) is 0. The van der Waals surface area contributed by atoms with E-state index in [0.717, 1.165) is 17.9 Å². The van der Waals surface area contributed by atoms with Crippen molar-refractivity contribution in [3.63, 3.8) is 0 Å². The number of hydrogen-bond acceptors (Lipinski definition) is 3. The molecular weight excluding hydrogens is 274 g/mol. The molecule has 20 heavy (non-hydrogen) atoms. The molecule has 3 atom stereocenters. The Bertz CT molecular complexity index is 612. The van der Waals surface area contributed by atoms with E-state index in [4.69, 9.17) is 4.74 Å². The Morgan fingerprint density at radius 1 is 1.25 bits per heavy atom. The fraction of sp³-hybridized carbons (Fsp3) is 0.600. The lowest BCUT2D eigenvalue weighted by Crippen LogP contribution is -2.38. The molecule has 0 unspecified atom stereocenters. The van der Waals surface area contributed by atoms with Crippen LogP contribution in [-0.4, -0.2) is 21.6 Å². The van der Waals surface area contributed by atoms with Gasteiger partial charge in [-0.3, -0.25) is 0 Å². The summed E-state index contributed by atoms with van der Waals surface area (Å²) >= 11 is 0. The average molecular weight is 295 g/mol. The van der Waals surface area contributed by atoms with Gasteiger partial charge in [0.05, 0.1) is 12.0 Å². The Labute approximate surface area is 120 Å². The number of aryl methyl sites for hydroxylation is 1. The molecule has 2 saturated carbocycles. The van der Waals surface area contributed by atoms with E-state index in [2.05, 4.69) is 4.72 Å². The maximum atomic E-state index is 12.5. The first-order valence-corrected chi connectivity index (χ1v) is 8.65. The number of nitrogens with one attached hydrogen (secondary N) is 1. The quantitative estimate of drug-likeness (QED) is 0.928. The average Bonchev–Trinajstić information content (AvgIpc) is 3.00. The number of fused-ring (bicyclic) bond motifs is 2. The molecule has 0 spiro atoms. The van der Waals surface area contributed by atoms with Gasteiger partial charge >= 0.3 is 0 Å². The van der Waals surface area contributed by atoms with Gasteiger partial charge in [-0.15, -0.1) is 0 Å². The predicted octanol–water partition coefficient (Wildman–Crippen LogP) is 2.47. The van der Waals surface area contributed by atoms with Crippen molar-refractivity contribution in [2.45, 2.75) is 43.5 Å². The smallest absolute Gasteiger partial charge is 0.240 e. The van der Waals surface area contributed by atoms with Gasteiger partial charge in [0.15, 0.2) is 0 Å². The van der Waals surface area contributed by atoms with Gasteiger partial charge in [0.25, 0.3) is 0 Å². The van der Waals surface area contributed by atoms with Crippen LogP contribution in [0.25, 0.3) is 0 Å². The summed E-state index contributed by atoms with van der Waals surface area (Å²) in [6, 6.07) is 5.13. The Morgan fingerprint density at radius 3 is 2.60 bits per heavy atom. The molecular formula is C15H21NO3S. The lowest BCUT2D eigenvalue weighted by Gasteiger charge is -2.22. The third-order valence-corrected chi connectivity index (χ3v) is 6.21. The molecule has 1 aromatic rings. The summed E-state index contributed by atoms with van der Waals surface area (Å²) < 4.78 is 33.0. The molecule has 3 rings (SSSR count). The van der Waals surface area contributed by atoms with Crippen LogP contribution in [0.2, 0.25) is 0 Å². The normalized spacial score (nSPS) is 28.8. The van der Waals surface area contributed by atoms with Crippen molar-refractivity contribution >= 4 is 10.0 Å². The third kappa shape index (κ3) is 2.44. The van der Waals surface area contributed by atoms with E-state index in [1.54, 1.807) is 25.3 Å². The van der Waals surface area contributed by atoms with Crippen LogP contribution in [0.15, 0.2) is 23.1 Å². The topological polar surface area (TPSA) is 55.4 Å². The minimum absolute atomic E-state index is 0.126. The Balaban J connectivity index is 1.79. The van der Waals surface area contributed by atoms with Gasteiger partial charge in [0.2, 0.25) is 10.0 Å². The van der Waals surface area contributed by atoms with Crippen molar-refractivity contribution in [1.82, 2.24) is 4.72 Å². The second-order valence-electron chi connectivity index (χ2n) is 6.03. The predicted molar refractivity (Wildman–Crippen MR) is 77.3 cm³/mol. The van der Waals surface area contributed by atoms with Gasteiger partial charge < -0.3 is 4.74 Å². The molecule has 1 N–H and O–H groups in total. The van der Waals surface area contributed by atoms with Gasteiger partial charge in [-0.05, 0) is 61.8 Å². The number of benzene rings is 1. The summed E-state index contributed by atoms with van der Waals surface area (Å²) in [7, 11) is -1.83. The molecule has 0 radical (unpaired) electrons. The van der Waals surface area contributed by atoms with Crippen LogP contribution >= 0.6 is 0 Å². The SMILES string of the molecule is COc1ccc(S(=O)(=O)N[C@@H]2C[C@H]3CC[C@@H]2C3)cc1C. The van der Waals surface area contributed by atoms with Gasteiger partial charge in [-0.1, -0.05) is 6.42 Å². The molecule has 0 heterocycles. The minimum atomic E-state index is -3.42. The molecule has 2 aliphatic carbocycles. The number of hydrogen-bond donors (Lipinski definition) is 1. The van der Waals surface area contributed by atoms with E-state index in [-0.39, 0.29) is 6.04 Å². The molecule has 2 fully saturated rings. The first kappa shape index (κ1) is 13.9. The standard InChI is InChI=1S/C15H21NO3S/c1-10-7-13(5-6-15(10)19-2)20(17,18)16-14-9-11-3-4-12(14)8-11/h5-7,11-12,14,16H,3-4,8-9H2,1-2H3/t11-,12+,14+/m0/s1. The van der Waals surface area contributed by atoms with Crippen LogP contribution in [0.5, 0.6) is 5.75 Å². The van der Waals surface area contributed by atoms with Crippen LogP contribution in [0.4, 0.5) is 0 Å². The molecule has 5 heteroatoms. The van der Waals surface area contributed by atoms with Crippen LogP contribution < -0.4 is 9.46 Å². The fourth-order valence-corrected chi connectivity index (χ4v) is 5.08. The van der Waals surface area contributed by atoms with Gasteiger partial charge in [-0.25, -0.2) is 13.1 Å². The summed E-state index contributed by atoms with van der Waals surface area (Å²) in [6.07, 6.45) is 4.62. The molecule has 2 bridgehead atoms. The fourth-order valence-electron chi connectivity index (χ4n) is 3.67.